The number of pyridine rings is 2. The van der Waals surface area contributed by atoms with Gasteiger partial charge in [-0.1, -0.05) is 6.07 Å². The van der Waals surface area contributed by atoms with Crippen LogP contribution in [0.4, 0.5) is 4.79 Å². The summed E-state index contributed by atoms with van der Waals surface area (Å²) in [6.07, 6.45) is 8.16. The Morgan fingerprint density at radius 3 is 2.78 bits per heavy atom. The quantitative estimate of drug-likeness (QED) is 0.745. The average molecular weight is 370 g/mol. The van der Waals surface area contributed by atoms with E-state index in [0.29, 0.717) is 31.5 Å². The molecule has 7 nitrogen and oxygen atoms in total. The number of urea groups is 1. The third-order valence-corrected chi connectivity index (χ3v) is 4.41. The van der Waals surface area contributed by atoms with Crippen molar-refractivity contribution in [3.8, 4) is 11.8 Å². The fourth-order valence-corrected chi connectivity index (χ4v) is 3.04. The van der Waals surface area contributed by atoms with Crippen LogP contribution in [0.3, 0.4) is 0 Å². The number of ether oxygens (including phenoxy) is 2. The maximum absolute atomic E-state index is 12.1. The molecule has 2 aromatic rings. The summed E-state index contributed by atoms with van der Waals surface area (Å²) in [5.74, 6) is 1.17. The Kier molecular flexibility index (Phi) is 6.84. The first kappa shape index (κ1) is 18.9. The molecule has 2 N–H and O–H groups in total. The second kappa shape index (κ2) is 9.75. The first-order valence-corrected chi connectivity index (χ1v) is 9.44. The third-order valence-electron chi connectivity index (χ3n) is 4.41. The lowest BCUT2D eigenvalue weighted by Gasteiger charge is -2.15. The fraction of sp³-hybridized carbons (Fsp3) is 0.450. The number of nitrogens with zero attached hydrogens (tertiary/aromatic N) is 2. The molecule has 0 unspecified atom stereocenters. The van der Waals surface area contributed by atoms with E-state index in [9.17, 15) is 4.79 Å². The second-order valence-corrected chi connectivity index (χ2v) is 6.46. The normalized spacial score (nSPS) is 14.0. The van der Waals surface area contributed by atoms with Crippen LogP contribution in [0, 0.1) is 0 Å². The molecule has 0 bridgehead atoms. The molecule has 0 aliphatic heterocycles. The Morgan fingerprint density at radius 1 is 1.15 bits per heavy atom. The van der Waals surface area contributed by atoms with E-state index in [-0.39, 0.29) is 12.1 Å². The van der Waals surface area contributed by atoms with Gasteiger partial charge in [0.25, 0.3) is 0 Å². The molecule has 0 radical (unpaired) electrons. The van der Waals surface area contributed by atoms with Gasteiger partial charge in [0.1, 0.15) is 6.10 Å². The molecular weight excluding hydrogens is 344 g/mol. The molecule has 2 heterocycles. The van der Waals surface area contributed by atoms with Gasteiger partial charge in [-0.25, -0.2) is 14.8 Å². The Balaban J connectivity index is 1.48. The van der Waals surface area contributed by atoms with Crippen LogP contribution in [0.5, 0.6) is 11.8 Å². The molecule has 1 saturated carbocycles. The van der Waals surface area contributed by atoms with E-state index in [1.807, 2.05) is 31.2 Å². The first-order chi connectivity index (χ1) is 13.2. The van der Waals surface area contributed by atoms with E-state index in [1.54, 1.807) is 12.4 Å². The van der Waals surface area contributed by atoms with Crippen molar-refractivity contribution in [3.63, 3.8) is 0 Å². The van der Waals surface area contributed by atoms with Crippen LogP contribution >= 0.6 is 0 Å². The number of amides is 2. The lowest BCUT2D eigenvalue weighted by Crippen LogP contribution is -2.34. The molecule has 0 atom stereocenters. The zero-order valence-electron chi connectivity index (χ0n) is 15.6. The van der Waals surface area contributed by atoms with Gasteiger partial charge in [-0.3, -0.25) is 0 Å². The van der Waals surface area contributed by atoms with Gasteiger partial charge in [0, 0.05) is 37.1 Å². The lowest BCUT2D eigenvalue weighted by atomic mass is 10.2. The highest BCUT2D eigenvalue weighted by Gasteiger charge is 2.18. The molecule has 2 aromatic heterocycles. The van der Waals surface area contributed by atoms with E-state index in [0.717, 1.165) is 24.0 Å². The number of hydrogen-bond acceptors (Lipinski definition) is 5. The number of aromatic nitrogens is 2. The van der Waals surface area contributed by atoms with Crippen LogP contribution < -0.4 is 20.1 Å². The van der Waals surface area contributed by atoms with Crippen molar-refractivity contribution in [1.29, 1.82) is 0 Å². The van der Waals surface area contributed by atoms with Crippen LogP contribution in [0.1, 0.15) is 43.7 Å². The van der Waals surface area contributed by atoms with Crippen molar-refractivity contribution in [2.45, 2.75) is 51.8 Å². The smallest absolute Gasteiger partial charge is 0.315 e. The Morgan fingerprint density at radius 2 is 1.96 bits per heavy atom. The Labute approximate surface area is 159 Å². The van der Waals surface area contributed by atoms with Crippen molar-refractivity contribution in [3.05, 3.63) is 47.8 Å². The molecule has 0 spiro atoms. The van der Waals surface area contributed by atoms with E-state index >= 15 is 0 Å². The first-order valence-electron chi connectivity index (χ1n) is 9.44. The summed E-state index contributed by atoms with van der Waals surface area (Å²) in [5.41, 5.74) is 1.80. The van der Waals surface area contributed by atoms with Crippen LogP contribution in [0.15, 0.2) is 36.7 Å². The third kappa shape index (κ3) is 5.84. The summed E-state index contributed by atoms with van der Waals surface area (Å²) in [4.78, 5) is 20.6. The number of carbonyl (C=O) groups excluding carboxylic acids is 1. The fourth-order valence-electron chi connectivity index (χ4n) is 3.04. The summed E-state index contributed by atoms with van der Waals surface area (Å²) < 4.78 is 11.4. The highest BCUT2D eigenvalue weighted by atomic mass is 16.5. The van der Waals surface area contributed by atoms with Gasteiger partial charge in [-0.05, 0) is 50.3 Å². The molecular formula is C20H26N4O3. The predicted molar refractivity (Wildman–Crippen MR) is 102 cm³/mol. The summed E-state index contributed by atoms with van der Waals surface area (Å²) in [5, 5.41) is 5.69. The molecule has 144 valence electrons. The molecule has 27 heavy (non-hydrogen) atoms. The Hall–Kier alpha value is -2.83. The van der Waals surface area contributed by atoms with Crippen LogP contribution in [-0.4, -0.2) is 28.7 Å². The Bertz CT molecular complexity index is 748. The molecule has 0 aromatic carbocycles. The van der Waals surface area contributed by atoms with E-state index < -0.39 is 0 Å². The maximum atomic E-state index is 12.1. The highest BCUT2D eigenvalue weighted by molar-refractivity contribution is 5.73. The summed E-state index contributed by atoms with van der Waals surface area (Å²) >= 11 is 0. The number of nitrogens with one attached hydrogen (secondary N) is 2. The summed E-state index contributed by atoms with van der Waals surface area (Å²) in [6.45, 7) is 3.22. The summed E-state index contributed by atoms with van der Waals surface area (Å²) in [6, 6.07) is 7.19. The topological polar surface area (TPSA) is 85.4 Å². The minimum atomic E-state index is -0.250. The van der Waals surface area contributed by atoms with E-state index in [4.69, 9.17) is 9.47 Å². The van der Waals surface area contributed by atoms with Gasteiger partial charge < -0.3 is 20.1 Å². The van der Waals surface area contributed by atoms with Crippen LogP contribution in [-0.2, 0) is 13.1 Å². The minimum absolute atomic E-state index is 0.235. The monoisotopic (exact) mass is 370 g/mol. The van der Waals surface area contributed by atoms with Gasteiger partial charge in [0.05, 0.1) is 6.61 Å². The maximum Gasteiger partial charge on any atom is 0.315 e. The van der Waals surface area contributed by atoms with Gasteiger partial charge >= 0.3 is 6.03 Å². The molecule has 7 heteroatoms. The van der Waals surface area contributed by atoms with E-state index in [1.165, 1.54) is 12.8 Å². The minimum Gasteiger partial charge on any atom is -0.478 e. The van der Waals surface area contributed by atoms with E-state index in [2.05, 4.69) is 20.6 Å². The van der Waals surface area contributed by atoms with Crippen molar-refractivity contribution in [2.75, 3.05) is 6.61 Å². The lowest BCUT2D eigenvalue weighted by molar-refractivity contribution is 0.198. The molecule has 1 aliphatic carbocycles. The van der Waals surface area contributed by atoms with Gasteiger partial charge in [0.2, 0.25) is 11.8 Å². The average Bonchev–Trinajstić information content (AvgIpc) is 3.19. The number of carbonyl (C=O) groups is 1. The molecule has 2 amide bonds. The number of rotatable bonds is 8. The standard InChI is InChI=1S/C20H26N4O3/c1-2-26-18-12-15(9-11-21-18)13-23-20(25)24-14-16-6-5-10-22-19(16)27-17-7-3-4-8-17/h5-6,9-12,17H,2-4,7-8,13-14H2,1H3,(H2,23,24,25). The molecule has 3 rings (SSSR count). The van der Waals surface area contributed by atoms with Crippen molar-refractivity contribution >= 4 is 6.03 Å². The van der Waals surface area contributed by atoms with Gasteiger partial charge in [-0.15, -0.1) is 0 Å². The van der Waals surface area contributed by atoms with Gasteiger partial charge in [0.15, 0.2) is 0 Å². The zero-order chi connectivity index (χ0) is 18.9. The van der Waals surface area contributed by atoms with Gasteiger partial charge in [-0.2, -0.15) is 0 Å². The largest absolute Gasteiger partial charge is 0.478 e. The molecule has 1 fully saturated rings. The van der Waals surface area contributed by atoms with Crippen LogP contribution in [0.2, 0.25) is 0 Å². The number of hydrogen-bond donors (Lipinski definition) is 2. The second-order valence-electron chi connectivity index (χ2n) is 6.46. The van der Waals surface area contributed by atoms with Crippen molar-refractivity contribution < 1.29 is 14.3 Å². The SMILES string of the molecule is CCOc1cc(CNC(=O)NCc2cccnc2OC2CCCC2)ccn1. The predicted octanol–water partition coefficient (Wildman–Crippen LogP) is 3.20. The zero-order valence-corrected chi connectivity index (χ0v) is 15.6. The van der Waals surface area contributed by atoms with Crippen molar-refractivity contribution in [2.24, 2.45) is 0 Å². The molecule has 1 aliphatic rings. The summed E-state index contributed by atoms with van der Waals surface area (Å²) in [7, 11) is 0. The highest BCUT2D eigenvalue weighted by Crippen LogP contribution is 2.24. The van der Waals surface area contributed by atoms with Crippen LogP contribution in [0.25, 0.3) is 0 Å². The van der Waals surface area contributed by atoms with Crippen molar-refractivity contribution in [1.82, 2.24) is 20.6 Å². The molecule has 0 saturated heterocycles.